The van der Waals surface area contributed by atoms with E-state index in [-0.39, 0.29) is 0 Å². The first-order chi connectivity index (χ1) is 12.9. The average molecular weight is 396 g/mol. The number of rotatable bonds is 7. The van der Waals surface area contributed by atoms with Crippen molar-refractivity contribution in [3.63, 3.8) is 0 Å². The molecule has 146 valence electrons. The normalized spacial score (nSPS) is 9.74. The first kappa shape index (κ1) is 22.3. The van der Waals surface area contributed by atoms with E-state index in [0.717, 1.165) is 41.6 Å². The van der Waals surface area contributed by atoms with Crippen molar-refractivity contribution in [2.75, 3.05) is 20.8 Å². The third-order valence-electron chi connectivity index (χ3n) is 3.46. The molecule has 27 heavy (non-hydrogen) atoms. The van der Waals surface area contributed by atoms with Crippen LogP contribution >= 0.6 is 11.6 Å². The van der Waals surface area contributed by atoms with Gasteiger partial charge in [-0.15, -0.1) is 0 Å². The second-order valence-electron chi connectivity index (χ2n) is 5.32. The predicted octanol–water partition coefficient (Wildman–Crippen LogP) is 2.85. The molecule has 0 aliphatic heterocycles. The van der Waals surface area contributed by atoms with Gasteiger partial charge in [-0.05, 0) is 36.7 Å². The topological polar surface area (TPSA) is 105 Å². The van der Waals surface area contributed by atoms with Gasteiger partial charge in [0.2, 0.25) is 0 Å². The van der Waals surface area contributed by atoms with Crippen LogP contribution < -0.4 is 14.8 Å². The summed E-state index contributed by atoms with van der Waals surface area (Å²) < 4.78 is 10.7. The van der Waals surface area contributed by atoms with Gasteiger partial charge in [-0.3, -0.25) is 0 Å². The number of para-hydroxylation sites is 1. The number of aliphatic carboxylic acids is 2. The third kappa shape index (κ3) is 7.98. The lowest BCUT2D eigenvalue weighted by Crippen LogP contribution is -2.17. The molecule has 0 atom stereocenters. The van der Waals surface area contributed by atoms with Crippen molar-refractivity contribution in [1.29, 1.82) is 0 Å². The highest BCUT2D eigenvalue weighted by atomic mass is 35.5. The number of carboxylic acid groups (broad SMARTS) is 2. The smallest absolute Gasteiger partial charge is 0.414 e. The number of carboxylic acids is 2. The van der Waals surface area contributed by atoms with E-state index >= 15 is 0 Å². The van der Waals surface area contributed by atoms with Gasteiger partial charge >= 0.3 is 11.9 Å². The molecule has 8 heteroatoms. The third-order valence-corrected chi connectivity index (χ3v) is 3.70. The lowest BCUT2D eigenvalue weighted by atomic mass is 10.1. The van der Waals surface area contributed by atoms with Gasteiger partial charge < -0.3 is 25.0 Å². The molecule has 0 aliphatic carbocycles. The molecule has 0 bridgehead atoms. The summed E-state index contributed by atoms with van der Waals surface area (Å²) in [6.45, 7) is 1.61. The van der Waals surface area contributed by atoms with E-state index in [2.05, 4.69) is 11.4 Å². The molecule has 0 unspecified atom stereocenters. The second kappa shape index (κ2) is 11.8. The van der Waals surface area contributed by atoms with Gasteiger partial charge in [0.05, 0.1) is 14.2 Å². The number of carbonyl (C=O) groups is 2. The van der Waals surface area contributed by atoms with Crippen LogP contribution in [0.3, 0.4) is 0 Å². The molecule has 0 saturated carbocycles. The Hall–Kier alpha value is -2.77. The Balaban J connectivity index is 0.000000527. The maximum atomic E-state index is 9.10. The fourth-order valence-electron chi connectivity index (χ4n) is 2.24. The molecule has 2 aromatic carbocycles. The zero-order valence-electron chi connectivity index (χ0n) is 15.1. The number of hydrogen-bond acceptors (Lipinski definition) is 5. The van der Waals surface area contributed by atoms with Crippen molar-refractivity contribution in [3.8, 4) is 11.5 Å². The fourth-order valence-corrected chi connectivity index (χ4v) is 2.45. The molecular weight excluding hydrogens is 374 g/mol. The summed E-state index contributed by atoms with van der Waals surface area (Å²) in [5, 5.41) is 19.0. The van der Waals surface area contributed by atoms with Crippen molar-refractivity contribution >= 4 is 23.5 Å². The van der Waals surface area contributed by atoms with Gasteiger partial charge in [0.25, 0.3) is 0 Å². The summed E-state index contributed by atoms with van der Waals surface area (Å²) in [5.74, 6) is -2.10. The van der Waals surface area contributed by atoms with Crippen molar-refractivity contribution in [2.24, 2.45) is 0 Å². The Morgan fingerprint density at radius 3 is 2.26 bits per heavy atom. The van der Waals surface area contributed by atoms with Crippen LogP contribution in [0.25, 0.3) is 0 Å². The van der Waals surface area contributed by atoms with Crippen molar-refractivity contribution in [3.05, 3.63) is 58.6 Å². The Morgan fingerprint density at radius 1 is 1.04 bits per heavy atom. The number of hydrogen-bond donors (Lipinski definition) is 3. The van der Waals surface area contributed by atoms with Gasteiger partial charge in [0.15, 0.2) is 11.5 Å². The minimum atomic E-state index is -1.82. The van der Waals surface area contributed by atoms with Gasteiger partial charge in [0, 0.05) is 17.1 Å². The van der Waals surface area contributed by atoms with Crippen LogP contribution in [0.4, 0.5) is 0 Å². The Bertz CT molecular complexity index is 754. The van der Waals surface area contributed by atoms with Crippen LogP contribution in [0.15, 0.2) is 42.5 Å². The Kier molecular flexibility index (Phi) is 9.71. The molecule has 0 saturated heterocycles. The van der Waals surface area contributed by atoms with Crippen LogP contribution in [-0.2, 0) is 22.6 Å². The molecule has 2 aromatic rings. The number of halogens is 1. The number of ether oxygens (including phenoxy) is 2. The summed E-state index contributed by atoms with van der Waals surface area (Å²) in [4.78, 5) is 18.2. The number of nitrogens with one attached hydrogen (secondary N) is 1. The van der Waals surface area contributed by atoms with E-state index in [1.807, 2.05) is 36.4 Å². The molecule has 0 heterocycles. The molecule has 0 aromatic heterocycles. The maximum absolute atomic E-state index is 9.10. The quantitative estimate of drug-likeness (QED) is 0.489. The molecule has 7 nitrogen and oxygen atoms in total. The standard InChI is InChI=1S/C17H20ClNO2.C2H2O4/c1-20-16-8-4-6-14(17(16)21-2)12-19-10-9-13-5-3-7-15(18)11-13;3-1(4)2(5)6/h3-8,11,19H,9-10,12H2,1-2H3;(H,3,4)(H,5,6). The zero-order chi connectivity index (χ0) is 20.2. The van der Waals surface area contributed by atoms with Crippen molar-refractivity contribution in [1.82, 2.24) is 5.32 Å². The summed E-state index contributed by atoms with van der Waals surface area (Å²) in [6, 6.07) is 13.8. The lowest BCUT2D eigenvalue weighted by molar-refractivity contribution is -0.159. The molecular formula is C19H22ClNO6. The first-order valence-electron chi connectivity index (χ1n) is 8.00. The zero-order valence-corrected chi connectivity index (χ0v) is 15.8. The molecule has 0 spiro atoms. The van der Waals surface area contributed by atoms with Gasteiger partial charge in [-0.25, -0.2) is 9.59 Å². The van der Waals surface area contributed by atoms with Crippen molar-refractivity contribution in [2.45, 2.75) is 13.0 Å². The second-order valence-corrected chi connectivity index (χ2v) is 5.76. The summed E-state index contributed by atoms with van der Waals surface area (Å²) in [6.07, 6.45) is 0.937. The summed E-state index contributed by atoms with van der Waals surface area (Å²) in [5.41, 5.74) is 2.32. The van der Waals surface area contributed by atoms with Gasteiger partial charge in [-0.2, -0.15) is 0 Å². The minimum absolute atomic E-state index is 0.737. The Labute approximate surface area is 162 Å². The monoisotopic (exact) mass is 395 g/mol. The molecule has 3 N–H and O–H groups in total. The largest absolute Gasteiger partial charge is 0.493 e. The maximum Gasteiger partial charge on any atom is 0.414 e. The predicted molar refractivity (Wildman–Crippen MR) is 102 cm³/mol. The minimum Gasteiger partial charge on any atom is -0.493 e. The Morgan fingerprint density at radius 2 is 1.70 bits per heavy atom. The van der Waals surface area contributed by atoms with Gasteiger partial charge in [0.1, 0.15) is 0 Å². The molecule has 2 rings (SSSR count). The molecule has 0 fully saturated rings. The summed E-state index contributed by atoms with van der Waals surface area (Å²) >= 11 is 5.98. The van der Waals surface area contributed by atoms with E-state index < -0.39 is 11.9 Å². The van der Waals surface area contributed by atoms with E-state index in [1.54, 1.807) is 14.2 Å². The van der Waals surface area contributed by atoms with Crippen molar-refractivity contribution < 1.29 is 29.3 Å². The fraction of sp³-hybridized carbons (Fsp3) is 0.263. The van der Waals surface area contributed by atoms with Gasteiger partial charge in [-0.1, -0.05) is 35.9 Å². The van der Waals surface area contributed by atoms with E-state index in [4.69, 9.17) is 40.9 Å². The number of methoxy groups -OCH3 is 2. The van der Waals surface area contributed by atoms with E-state index in [0.29, 0.717) is 0 Å². The highest BCUT2D eigenvalue weighted by molar-refractivity contribution is 6.30. The summed E-state index contributed by atoms with van der Waals surface area (Å²) in [7, 11) is 3.31. The van der Waals surface area contributed by atoms with E-state index in [1.165, 1.54) is 5.56 Å². The SMILES string of the molecule is COc1cccc(CNCCc2cccc(Cl)c2)c1OC.O=C(O)C(=O)O. The van der Waals surface area contributed by atoms with Crippen LogP contribution in [-0.4, -0.2) is 42.9 Å². The first-order valence-corrected chi connectivity index (χ1v) is 8.38. The van der Waals surface area contributed by atoms with E-state index in [9.17, 15) is 0 Å². The van der Waals surface area contributed by atoms with Crippen LogP contribution in [0.1, 0.15) is 11.1 Å². The number of benzene rings is 2. The highest BCUT2D eigenvalue weighted by Crippen LogP contribution is 2.30. The molecule has 0 aliphatic rings. The molecule has 0 radical (unpaired) electrons. The highest BCUT2D eigenvalue weighted by Gasteiger charge is 2.08. The van der Waals surface area contributed by atoms with Crippen LogP contribution in [0.5, 0.6) is 11.5 Å². The van der Waals surface area contributed by atoms with Crippen LogP contribution in [0.2, 0.25) is 5.02 Å². The average Bonchev–Trinajstić information content (AvgIpc) is 2.65. The molecule has 0 amide bonds. The van der Waals surface area contributed by atoms with Crippen LogP contribution in [0, 0.1) is 0 Å². The lowest BCUT2D eigenvalue weighted by Gasteiger charge is -2.13.